The fourth-order valence-electron chi connectivity index (χ4n) is 1.61. The average Bonchev–Trinajstić information content (AvgIpc) is 2.74. The molecule has 0 spiro atoms. The van der Waals surface area contributed by atoms with Gasteiger partial charge in [0.05, 0.1) is 33.2 Å². The molecule has 2 aromatic rings. The second-order valence-corrected chi connectivity index (χ2v) is 6.31. The summed E-state index contributed by atoms with van der Waals surface area (Å²) >= 11 is 11.8. The van der Waals surface area contributed by atoms with Crippen LogP contribution < -0.4 is 5.32 Å². The fourth-order valence-corrected chi connectivity index (χ4v) is 2.77. The number of carbonyl (C=O) groups is 1. The summed E-state index contributed by atoms with van der Waals surface area (Å²) in [7, 11) is -4.26. The van der Waals surface area contributed by atoms with E-state index in [2.05, 4.69) is 15.5 Å². The second kappa shape index (κ2) is 6.02. The summed E-state index contributed by atoms with van der Waals surface area (Å²) < 4.78 is 30.6. The molecule has 7 nitrogen and oxygen atoms in total. The molecule has 2 rings (SSSR count). The van der Waals surface area contributed by atoms with Crippen molar-refractivity contribution >= 4 is 44.9 Å². The number of hydrogen-bond donors (Lipinski definition) is 3. The Bertz CT molecular complexity index is 768. The van der Waals surface area contributed by atoms with Gasteiger partial charge in [0.1, 0.15) is 5.75 Å². The molecule has 0 unspecified atom stereocenters. The van der Waals surface area contributed by atoms with Crippen LogP contribution in [0.3, 0.4) is 0 Å². The molecule has 0 radical (unpaired) electrons. The largest absolute Gasteiger partial charge is 0.319 e. The number of halogens is 2. The van der Waals surface area contributed by atoms with Crippen molar-refractivity contribution < 1.29 is 17.8 Å². The lowest BCUT2D eigenvalue weighted by atomic mass is 10.2. The summed E-state index contributed by atoms with van der Waals surface area (Å²) in [6.45, 7) is 0. The van der Waals surface area contributed by atoms with Crippen molar-refractivity contribution in [3.8, 4) is 0 Å². The first kappa shape index (κ1) is 15.8. The number of H-pyrrole nitrogens is 1. The molecule has 1 aromatic carbocycles. The standard InChI is InChI=1S/C11H9Cl2N3O4S/c12-6-2-1-3-7(13)10(6)11(17)15-8-4-14-16-9(8)5-21(18,19)20/h1-4H,5H2,(H,14,16)(H,15,17)(H,18,19,20). The molecule has 0 atom stereocenters. The van der Waals surface area contributed by atoms with Crippen molar-refractivity contribution in [1.82, 2.24) is 10.2 Å². The van der Waals surface area contributed by atoms with Gasteiger partial charge in [-0.15, -0.1) is 0 Å². The van der Waals surface area contributed by atoms with E-state index >= 15 is 0 Å². The lowest BCUT2D eigenvalue weighted by molar-refractivity contribution is 0.102. The van der Waals surface area contributed by atoms with Crippen LogP contribution in [-0.4, -0.2) is 29.1 Å². The van der Waals surface area contributed by atoms with Crippen molar-refractivity contribution in [1.29, 1.82) is 0 Å². The van der Waals surface area contributed by atoms with E-state index < -0.39 is 21.8 Å². The topological polar surface area (TPSA) is 112 Å². The van der Waals surface area contributed by atoms with Gasteiger partial charge in [0.25, 0.3) is 16.0 Å². The van der Waals surface area contributed by atoms with Gasteiger partial charge in [-0.1, -0.05) is 29.3 Å². The summed E-state index contributed by atoms with van der Waals surface area (Å²) in [5.41, 5.74) is 0.197. The van der Waals surface area contributed by atoms with Crippen LogP contribution >= 0.6 is 23.2 Å². The number of amides is 1. The number of rotatable bonds is 4. The molecule has 1 heterocycles. The van der Waals surface area contributed by atoms with Crippen LogP contribution in [0.1, 0.15) is 16.1 Å². The molecule has 0 aliphatic heterocycles. The number of hydrogen-bond acceptors (Lipinski definition) is 4. The van der Waals surface area contributed by atoms with Gasteiger partial charge in [-0.3, -0.25) is 14.4 Å². The van der Waals surface area contributed by atoms with Gasteiger partial charge < -0.3 is 5.32 Å². The van der Waals surface area contributed by atoms with Gasteiger partial charge >= 0.3 is 0 Å². The zero-order chi connectivity index (χ0) is 15.6. The maximum Gasteiger partial charge on any atom is 0.270 e. The molecule has 3 N–H and O–H groups in total. The Morgan fingerprint density at radius 1 is 1.33 bits per heavy atom. The Balaban J connectivity index is 2.27. The molecule has 10 heteroatoms. The van der Waals surface area contributed by atoms with E-state index in [9.17, 15) is 13.2 Å². The van der Waals surface area contributed by atoms with Gasteiger partial charge in [0.15, 0.2) is 0 Å². The number of carbonyl (C=O) groups excluding carboxylic acids is 1. The predicted molar refractivity (Wildman–Crippen MR) is 78.3 cm³/mol. The summed E-state index contributed by atoms with van der Waals surface area (Å²) in [5.74, 6) is -1.33. The average molecular weight is 350 g/mol. The summed E-state index contributed by atoms with van der Waals surface area (Å²) in [6, 6.07) is 4.58. The minimum absolute atomic E-state index is 0.0361. The molecular weight excluding hydrogens is 341 g/mol. The first-order chi connectivity index (χ1) is 9.78. The number of nitrogens with zero attached hydrogens (tertiary/aromatic N) is 1. The molecule has 1 aromatic heterocycles. The zero-order valence-electron chi connectivity index (χ0n) is 10.3. The lowest BCUT2D eigenvalue weighted by Crippen LogP contribution is -2.15. The lowest BCUT2D eigenvalue weighted by Gasteiger charge is -2.08. The molecule has 1 amide bonds. The van der Waals surface area contributed by atoms with E-state index in [0.717, 1.165) is 0 Å². The highest BCUT2D eigenvalue weighted by molar-refractivity contribution is 7.85. The van der Waals surface area contributed by atoms with Crippen molar-refractivity contribution in [3.63, 3.8) is 0 Å². The van der Waals surface area contributed by atoms with E-state index in [-0.39, 0.29) is 27.0 Å². The van der Waals surface area contributed by atoms with Gasteiger partial charge in [-0.25, -0.2) is 0 Å². The number of aromatic amines is 1. The molecule has 0 bridgehead atoms. The quantitative estimate of drug-likeness (QED) is 0.733. The van der Waals surface area contributed by atoms with Crippen molar-refractivity contribution in [2.24, 2.45) is 0 Å². The molecule has 112 valence electrons. The van der Waals surface area contributed by atoms with Crippen molar-refractivity contribution in [3.05, 3.63) is 45.7 Å². The summed E-state index contributed by atoms with van der Waals surface area (Å²) in [6.07, 6.45) is 1.21. The van der Waals surface area contributed by atoms with Gasteiger partial charge in [-0.2, -0.15) is 13.5 Å². The maximum absolute atomic E-state index is 12.1. The van der Waals surface area contributed by atoms with Crippen LogP contribution in [0.15, 0.2) is 24.4 Å². The number of nitrogens with one attached hydrogen (secondary N) is 2. The van der Waals surface area contributed by atoms with Crippen molar-refractivity contribution in [2.45, 2.75) is 5.75 Å². The maximum atomic E-state index is 12.1. The zero-order valence-corrected chi connectivity index (χ0v) is 12.6. The molecule has 0 saturated heterocycles. The number of benzene rings is 1. The molecule has 21 heavy (non-hydrogen) atoms. The van der Waals surface area contributed by atoms with Gasteiger partial charge in [-0.05, 0) is 12.1 Å². The Kier molecular flexibility index (Phi) is 4.52. The molecule has 0 fully saturated rings. The highest BCUT2D eigenvalue weighted by atomic mass is 35.5. The monoisotopic (exact) mass is 349 g/mol. The normalized spacial score (nSPS) is 11.4. The fraction of sp³-hybridized carbons (Fsp3) is 0.0909. The summed E-state index contributed by atoms with van der Waals surface area (Å²) in [5, 5.41) is 8.73. The third-order valence-corrected chi connectivity index (χ3v) is 3.77. The van der Waals surface area contributed by atoms with E-state index in [1.54, 1.807) is 6.07 Å². The van der Waals surface area contributed by atoms with Crippen LogP contribution in [0.5, 0.6) is 0 Å². The third-order valence-electron chi connectivity index (χ3n) is 2.48. The highest BCUT2D eigenvalue weighted by Crippen LogP contribution is 2.25. The SMILES string of the molecule is O=C(Nc1cn[nH]c1CS(=O)(=O)O)c1c(Cl)cccc1Cl. The Morgan fingerprint density at radius 2 is 1.95 bits per heavy atom. The minimum Gasteiger partial charge on any atom is -0.319 e. The van der Waals surface area contributed by atoms with Gasteiger partial charge in [0, 0.05) is 0 Å². The number of anilines is 1. The van der Waals surface area contributed by atoms with E-state index in [4.69, 9.17) is 27.8 Å². The van der Waals surface area contributed by atoms with Gasteiger partial charge in [0.2, 0.25) is 0 Å². The smallest absolute Gasteiger partial charge is 0.270 e. The van der Waals surface area contributed by atoms with Crippen LogP contribution in [0.2, 0.25) is 10.0 Å². The molecule has 0 aliphatic carbocycles. The Morgan fingerprint density at radius 3 is 2.52 bits per heavy atom. The predicted octanol–water partition coefficient (Wildman–Crippen LogP) is 2.36. The number of aromatic nitrogens is 2. The third kappa shape index (κ3) is 3.94. The highest BCUT2D eigenvalue weighted by Gasteiger charge is 2.18. The van der Waals surface area contributed by atoms with Crippen LogP contribution in [-0.2, 0) is 15.9 Å². The second-order valence-electron chi connectivity index (χ2n) is 4.04. The Labute approximate surface area is 130 Å². The van der Waals surface area contributed by atoms with Crippen LogP contribution in [0.25, 0.3) is 0 Å². The van der Waals surface area contributed by atoms with E-state index in [1.165, 1.54) is 18.3 Å². The van der Waals surface area contributed by atoms with Crippen LogP contribution in [0, 0.1) is 0 Å². The first-order valence-corrected chi connectivity index (χ1v) is 7.87. The molecule has 0 aliphatic rings. The van der Waals surface area contributed by atoms with E-state index in [1.807, 2.05) is 0 Å². The Hall–Kier alpha value is -1.61. The van der Waals surface area contributed by atoms with E-state index in [0.29, 0.717) is 0 Å². The molecular formula is C11H9Cl2N3O4S. The van der Waals surface area contributed by atoms with Crippen LogP contribution in [0.4, 0.5) is 5.69 Å². The minimum atomic E-state index is -4.26. The molecule has 0 saturated carbocycles. The first-order valence-electron chi connectivity index (χ1n) is 5.50. The van der Waals surface area contributed by atoms with Crippen molar-refractivity contribution in [2.75, 3.05) is 5.32 Å². The summed E-state index contributed by atoms with van der Waals surface area (Å²) in [4.78, 5) is 12.1.